The number of benzene rings is 1. The normalized spacial score (nSPS) is 13.8. The Morgan fingerprint density at radius 1 is 1.45 bits per heavy atom. The van der Waals surface area contributed by atoms with Gasteiger partial charge in [-0.25, -0.2) is 0 Å². The lowest BCUT2D eigenvalue weighted by Crippen LogP contribution is -2.24. The van der Waals surface area contributed by atoms with Gasteiger partial charge in [-0.3, -0.25) is 14.9 Å². The summed E-state index contributed by atoms with van der Waals surface area (Å²) in [5.41, 5.74) is 0.639. The van der Waals surface area contributed by atoms with Crippen LogP contribution in [0.15, 0.2) is 18.2 Å². The zero-order valence-electron chi connectivity index (χ0n) is 11.5. The van der Waals surface area contributed by atoms with Crippen molar-refractivity contribution in [3.05, 3.63) is 33.9 Å². The van der Waals surface area contributed by atoms with Crippen molar-refractivity contribution < 1.29 is 9.72 Å². The Morgan fingerprint density at radius 3 is 2.80 bits per heavy atom. The molecule has 1 aromatic carbocycles. The third-order valence-electron chi connectivity index (χ3n) is 3.50. The van der Waals surface area contributed by atoms with Crippen LogP contribution in [0.2, 0.25) is 0 Å². The van der Waals surface area contributed by atoms with Gasteiger partial charge in [0.2, 0.25) is 0 Å². The summed E-state index contributed by atoms with van der Waals surface area (Å²) in [6.07, 6.45) is 4.74. The van der Waals surface area contributed by atoms with Crippen molar-refractivity contribution >= 4 is 17.3 Å². The number of carbonyl (C=O) groups is 1. The van der Waals surface area contributed by atoms with Crippen LogP contribution in [0.3, 0.4) is 0 Å². The Labute approximate surface area is 117 Å². The quantitative estimate of drug-likeness (QED) is 0.455. The van der Waals surface area contributed by atoms with E-state index in [1.54, 1.807) is 19.2 Å². The highest BCUT2D eigenvalue weighted by Crippen LogP contribution is 2.33. The van der Waals surface area contributed by atoms with Crippen LogP contribution in [0.1, 0.15) is 36.0 Å². The predicted molar refractivity (Wildman–Crippen MR) is 76.9 cm³/mol. The number of nitrogens with zero attached hydrogens (tertiary/aromatic N) is 1. The molecular weight excluding hydrogens is 258 g/mol. The van der Waals surface area contributed by atoms with Gasteiger partial charge in [-0.2, -0.15) is 0 Å². The number of anilines is 1. The molecule has 20 heavy (non-hydrogen) atoms. The molecule has 0 aliphatic heterocycles. The van der Waals surface area contributed by atoms with E-state index >= 15 is 0 Å². The first kappa shape index (κ1) is 14.3. The van der Waals surface area contributed by atoms with E-state index in [2.05, 4.69) is 10.6 Å². The molecule has 0 radical (unpaired) electrons. The molecule has 6 heteroatoms. The number of nitro groups is 1. The lowest BCUT2D eigenvalue weighted by Gasteiger charge is -2.07. The van der Waals surface area contributed by atoms with Gasteiger partial charge in [0.1, 0.15) is 5.69 Å². The van der Waals surface area contributed by atoms with Gasteiger partial charge in [-0.05, 0) is 30.9 Å². The van der Waals surface area contributed by atoms with E-state index in [1.165, 1.54) is 18.9 Å². The van der Waals surface area contributed by atoms with Crippen LogP contribution >= 0.6 is 0 Å². The molecule has 108 valence electrons. The van der Waals surface area contributed by atoms with E-state index in [0.29, 0.717) is 17.8 Å². The summed E-state index contributed by atoms with van der Waals surface area (Å²) in [5, 5.41) is 16.5. The van der Waals surface area contributed by atoms with E-state index in [1.807, 2.05) is 0 Å². The van der Waals surface area contributed by atoms with Gasteiger partial charge in [0, 0.05) is 25.2 Å². The van der Waals surface area contributed by atoms with Gasteiger partial charge in [-0.1, -0.05) is 12.8 Å². The number of nitro benzene ring substituents is 1. The number of hydrogen-bond donors (Lipinski definition) is 2. The summed E-state index contributed by atoms with van der Waals surface area (Å²) in [7, 11) is 1.61. The van der Waals surface area contributed by atoms with E-state index in [9.17, 15) is 14.9 Å². The van der Waals surface area contributed by atoms with Crippen molar-refractivity contribution in [2.24, 2.45) is 5.92 Å². The smallest absolute Gasteiger partial charge is 0.293 e. The molecule has 2 rings (SSSR count). The summed E-state index contributed by atoms with van der Waals surface area (Å²) in [5.74, 6) is 0.592. The Kier molecular flexibility index (Phi) is 4.55. The molecule has 1 fully saturated rings. The molecular formula is C14H19N3O3. The molecule has 0 aromatic heterocycles. The van der Waals surface area contributed by atoms with E-state index in [-0.39, 0.29) is 11.6 Å². The lowest BCUT2D eigenvalue weighted by atomic mass is 10.1. The first-order valence-electron chi connectivity index (χ1n) is 6.86. The third-order valence-corrected chi connectivity index (χ3v) is 3.50. The Bertz CT molecular complexity index is 512. The van der Waals surface area contributed by atoms with Crippen LogP contribution in [-0.4, -0.2) is 24.4 Å². The van der Waals surface area contributed by atoms with Crippen LogP contribution in [-0.2, 0) is 0 Å². The molecule has 1 aromatic rings. The number of amides is 1. The summed E-state index contributed by atoms with van der Waals surface area (Å²) < 4.78 is 0. The molecule has 0 spiro atoms. The summed E-state index contributed by atoms with van der Waals surface area (Å²) in [4.78, 5) is 22.4. The molecule has 0 unspecified atom stereocenters. The lowest BCUT2D eigenvalue weighted by molar-refractivity contribution is -0.384. The highest BCUT2D eigenvalue weighted by Gasteiger charge is 2.20. The molecule has 0 heterocycles. The fraction of sp³-hybridized carbons (Fsp3) is 0.500. The van der Waals surface area contributed by atoms with E-state index in [4.69, 9.17) is 0 Å². The Morgan fingerprint density at radius 2 is 2.20 bits per heavy atom. The summed E-state index contributed by atoms with van der Waals surface area (Å²) in [6, 6.07) is 4.45. The maximum Gasteiger partial charge on any atom is 0.293 e. The average molecular weight is 277 g/mol. The van der Waals surface area contributed by atoms with Crippen molar-refractivity contribution in [1.82, 2.24) is 5.32 Å². The van der Waals surface area contributed by atoms with E-state index in [0.717, 1.165) is 18.8 Å². The van der Waals surface area contributed by atoms with Crippen LogP contribution in [0.25, 0.3) is 0 Å². The zero-order chi connectivity index (χ0) is 14.5. The molecule has 6 nitrogen and oxygen atoms in total. The molecule has 0 atom stereocenters. The van der Waals surface area contributed by atoms with Gasteiger partial charge >= 0.3 is 0 Å². The van der Waals surface area contributed by atoms with Crippen LogP contribution in [0.5, 0.6) is 0 Å². The predicted octanol–water partition coefficient (Wildman–Crippen LogP) is 2.56. The minimum atomic E-state index is -0.490. The maximum absolute atomic E-state index is 11.9. The van der Waals surface area contributed by atoms with Crippen molar-refractivity contribution in [3.63, 3.8) is 0 Å². The van der Waals surface area contributed by atoms with Crippen molar-refractivity contribution in [2.75, 3.05) is 18.9 Å². The molecule has 2 N–H and O–H groups in total. The molecule has 1 aliphatic carbocycles. The third kappa shape index (κ3) is 3.69. The topological polar surface area (TPSA) is 84.3 Å². The largest absolute Gasteiger partial charge is 0.383 e. The number of carbonyl (C=O) groups excluding carboxylic acids is 1. The molecule has 0 saturated heterocycles. The first-order valence-corrected chi connectivity index (χ1v) is 6.86. The average Bonchev–Trinajstić information content (AvgIpc) is 3.26. The minimum Gasteiger partial charge on any atom is -0.383 e. The second-order valence-corrected chi connectivity index (χ2v) is 5.08. The van der Waals surface area contributed by atoms with Gasteiger partial charge in [0.05, 0.1) is 4.92 Å². The van der Waals surface area contributed by atoms with Crippen LogP contribution in [0, 0.1) is 16.0 Å². The summed E-state index contributed by atoms with van der Waals surface area (Å²) >= 11 is 0. The molecule has 1 aliphatic rings. The summed E-state index contributed by atoms with van der Waals surface area (Å²) in [6.45, 7) is 0.622. The highest BCUT2D eigenvalue weighted by molar-refractivity contribution is 5.95. The van der Waals surface area contributed by atoms with Gasteiger partial charge in [0.15, 0.2) is 0 Å². The van der Waals surface area contributed by atoms with Crippen LogP contribution in [0.4, 0.5) is 11.4 Å². The second kappa shape index (κ2) is 6.36. The van der Waals surface area contributed by atoms with Crippen molar-refractivity contribution in [1.29, 1.82) is 0 Å². The number of hydrogen-bond acceptors (Lipinski definition) is 4. The van der Waals surface area contributed by atoms with Gasteiger partial charge in [0.25, 0.3) is 11.6 Å². The molecule has 1 saturated carbocycles. The molecule has 1 amide bonds. The number of nitrogens with one attached hydrogen (secondary N) is 2. The fourth-order valence-electron chi connectivity index (χ4n) is 2.14. The SMILES string of the molecule is CNc1ccc(C(=O)NCCCC2CC2)cc1[N+](=O)[O-]. The zero-order valence-corrected chi connectivity index (χ0v) is 11.5. The first-order chi connectivity index (χ1) is 9.61. The van der Waals surface area contributed by atoms with Crippen LogP contribution < -0.4 is 10.6 Å². The minimum absolute atomic E-state index is 0.0851. The Hall–Kier alpha value is -2.11. The molecule has 0 bridgehead atoms. The van der Waals surface area contributed by atoms with Gasteiger partial charge < -0.3 is 10.6 Å². The Balaban J connectivity index is 1.94. The monoisotopic (exact) mass is 277 g/mol. The second-order valence-electron chi connectivity index (χ2n) is 5.08. The maximum atomic E-state index is 11.9. The van der Waals surface area contributed by atoms with Crippen molar-refractivity contribution in [2.45, 2.75) is 25.7 Å². The standard InChI is InChI=1S/C14H19N3O3/c1-15-12-7-6-11(9-13(12)17(19)20)14(18)16-8-2-3-10-4-5-10/h6-7,9-10,15H,2-5,8H2,1H3,(H,16,18). The van der Waals surface area contributed by atoms with Crippen molar-refractivity contribution in [3.8, 4) is 0 Å². The number of rotatable bonds is 7. The van der Waals surface area contributed by atoms with E-state index < -0.39 is 4.92 Å². The fourth-order valence-corrected chi connectivity index (χ4v) is 2.14. The highest BCUT2D eigenvalue weighted by atomic mass is 16.6. The van der Waals surface area contributed by atoms with Gasteiger partial charge in [-0.15, -0.1) is 0 Å².